The Morgan fingerprint density at radius 3 is 1.74 bits per heavy atom. The van der Waals surface area contributed by atoms with E-state index in [1.54, 1.807) is 18.0 Å². The second-order valence-electron chi connectivity index (χ2n) is 14.1. The Kier molecular flexibility index (Phi) is 10.9. The Morgan fingerprint density at radius 1 is 0.778 bits per heavy atom. The predicted molar refractivity (Wildman–Crippen MR) is 207 cm³/mol. The number of carbonyl (C=O) groups excluding carboxylic acids is 3. The van der Waals surface area contributed by atoms with Gasteiger partial charge in [0.05, 0.1) is 43.0 Å². The number of alkyl carbamates (subject to hydrolysis) is 1. The number of imidazole rings is 2. The lowest BCUT2D eigenvalue weighted by Gasteiger charge is -2.32. The summed E-state index contributed by atoms with van der Waals surface area (Å²) in [4.78, 5) is 61.1. The molecule has 12 nitrogen and oxygen atoms in total. The first-order chi connectivity index (χ1) is 26.2. The van der Waals surface area contributed by atoms with Crippen LogP contribution in [0.2, 0.25) is 0 Å². The fourth-order valence-electron chi connectivity index (χ4n) is 7.73. The number of nitrogens with one attached hydrogen (secondary N) is 3. The van der Waals surface area contributed by atoms with E-state index in [-0.39, 0.29) is 29.9 Å². The van der Waals surface area contributed by atoms with E-state index in [0.717, 1.165) is 83.1 Å². The average molecular weight is 729 g/mol. The molecule has 4 heterocycles. The van der Waals surface area contributed by atoms with Crippen LogP contribution in [0.3, 0.4) is 0 Å². The summed E-state index contributed by atoms with van der Waals surface area (Å²) >= 11 is 0. The summed E-state index contributed by atoms with van der Waals surface area (Å²) in [6.07, 6.45) is 6.51. The van der Waals surface area contributed by atoms with Crippen molar-refractivity contribution in [3.05, 3.63) is 108 Å². The number of aromatic amines is 2. The molecule has 4 atom stereocenters. The number of methoxy groups -OCH3 is 1. The third-order valence-corrected chi connectivity index (χ3v) is 10.8. The maximum Gasteiger partial charge on any atom is 0.407 e. The van der Waals surface area contributed by atoms with Gasteiger partial charge in [0.25, 0.3) is 0 Å². The molecule has 0 unspecified atom stereocenters. The van der Waals surface area contributed by atoms with Crippen molar-refractivity contribution in [3.8, 4) is 33.6 Å². The molecule has 7 rings (SSSR count). The lowest BCUT2D eigenvalue weighted by Crippen LogP contribution is -2.46. The number of likely N-dealkylation sites (tertiary alicyclic amines) is 2. The lowest BCUT2D eigenvalue weighted by atomic mass is 10.0. The molecule has 54 heavy (non-hydrogen) atoms. The highest BCUT2D eigenvalue weighted by atomic mass is 16.5. The van der Waals surface area contributed by atoms with Crippen LogP contribution in [0.4, 0.5) is 4.79 Å². The van der Waals surface area contributed by atoms with Gasteiger partial charge in [0, 0.05) is 13.1 Å². The Labute approximate surface area is 316 Å². The first-order valence-corrected chi connectivity index (χ1v) is 18.8. The van der Waals surface area contributed by atoms with Gasteiger partial charge in [-0.25, -0.2) is 14.8 Å². The maximum absolute atomic E-state index is 14.0. The smallest absolute Gasteiger partial charge is 0.407 e. The SMILES string of the molecule is CCN(C)[C@@H](C(=O)N1CCC[C@H]1c1ncc(-c2ccc(-c3ccc(-c4cnc([C@@H]5CCCN5C(=O)[C@H](C)NC(=O)OC)[nH]4)cc3)cc2)[nH]1)c1ccccc1. The number of aromatic nitrogens is 4. The quantitative estimate of drug-likeness (QED) is 0.135. The molecule has 0 bridgehead atoms. The number of ether oxygens (including phenoxy) is 1. The standard InChI is InChI=1S/C42H48N8O4/c1-5-48(3)37(32-11-7-6-8-12-32)41(52)50-24-10-14-36(50)39-44-26-34(47-39)31-21-17-29(18-22-31)28-15-19-30(20-16-28)33-25-43-38(46-33)35-13-9-23-49(35)40(51)27(2)45-42(53)54-4/h6-8,11-12,15-22,25-27,35-37H,5,9-10,13-14,23-24H2,1-4H3,(H,43,46)(H,44,47)(H,45,53)/t27-,35-,36-,37+/m0/s1. The third kappa shape index (κ3) is 7.52. The Balaban J connectivity index is 1.01. The van der Waals surface area contributed by atoms with Crippen LogP contribution < -0.4 is 5.32 Å². The van der Waals surface area contributed by atoms with Gasteiger partial charge >= 0.3 is 6.09 Å². The van der Waals surface area contributed by atoms with Crippen molar-refractivity contribution in [2.75, 3.05) is 33.8 Å². The molecular formula is C42H48N8O4. The van der Waals surface area contributed by atoms with E-state index in [0.29, 0.717) is 13.1 Å². The monoisotopic (exact) mass is 728 g/mol. The van der Waals surface area contributed by atoms with Crippen molar-refractivity contribution < 1.29 is 19.1 Å². The first-order valence-electron chi connectivity index (χ1n) is 18.8. The fraction of sp³-hybridized carbons (Fsp3) is 0.357. The summed E-state index contributed by atoms with van der Waals surface area (Å²) in [5, 5.41) is 2.57. The van der Waals surface area contributed by atoms with E-state index >= 15 is 0 Å². The van der Waals surface area contributed by atoms with E-state index in [9.17, 15) is 14.4 Å². The molecule has 5 aromatic rings. The van der Waals surface area contributed by atoms with E-state index in [1.807, 2.05) is 48.5 Å². The minimum atomic E-state index is -0.697. The molecule has 0 aliphatic carbocycles. The fourth-order valence-corrected chi connectivity index (χ4v) is 7.73. The first kappa shape index (κ1) is 36.6. The van der Waals surface area contributed by atoms with Crippen LogP contribution in [0, 0.1) is 0 Å². The second kappa shape index (κ2) is 16.1. The summed E-state index contributed by atoms with van der Waals surface area (Å²) < 4.78 is 4.65. The molecule has 2 aromatic heterocycles. The summed E-state index contributed by atoms with van der Waals surface area (Å²) in [5.41, 5.74) is 6.99. The zero-order chi connectivity index (χ0) is 37.8. The highest BCUT2D eigenvalue weighted by Crippen LogP contribution is 2.36. The van der Waals surface area contributed by atoms with Crippen molar-refractivity contribution in [2.24, 2.45) is 0 Å². The van der Waals surface area contributed by atoms with Crippen molar-refractivity contribution in [1.29, 1.82) is 0 Å². The van der Waals surface area contributed by atoms with Gasteiger partial charge in [0.15, 0.2) is 0 Å². The highest BCUT2D eigenvalue weighted by molar-refractivity contribution is 5.86. The number of amides is 3. The molecule has 3 aromatic carbocycles. The molecule has 2 saturated heterocycles. The van der Waals surface area contributed by atoms with Crippen LogP contribution in [-0.2, 0) is 14.3 Å². The molecule has 2 fully saturated rings. The van der Waals surface area contributed by atoms with Crippen molar-refractivity contribution in [1.82, 2.24) is 40.0 Å². The summed E-state index contributed by atoms with van der Waals surface area (Å²) in [5.74, 6) is 1.50. The maximum atomic E-state index is 14.0. The molecule has 280 valence electrons. The summed E-state index contributed by atoms with van der Waals surface area (Å²) in [6.45, 7) is 5.83. The molecule has 3 amide bonds. The van der Waals surface area contributed by atoms with Gasteiger partial charge in [-0.05, 0) is 74.0 Å². The zero-order valence-electron chi connectivity index (χ0n) is 31.3. The Hall–Kier alpha value is -5.75. The number of rotatable bonds is 11. The van der Waals surface area contributed by atoms with Crippen LogP contribution in [0.5, 0.6) is 0 Å². The van der Waals surface area contributed by atoms with Crippen LogP contribution in [0.15, 0.2) is 91.3 Å². The normalized spacial score (nSPS) is 18.2. The predicted octanol–water partition coefficient (Wildman–Crippen LogP) is 6.90. The van der Waals surface area contributed by atoms with Gasteiger partial charge in [0.1, 0.15) is 23.7 Å². The van der Waals surface area contributed by atoms with Gasteiger partial charge in [-0.15, -0.1) is 0 Å². The van der Waals surface area contributed by atoms with Crippen LogP contribution in [0.25, 0.3) is 33.6 Å². The minimum Gasteiger partial charge on any atom is -0.453 e. The van der Waals surface area contributed by atoms with Crippen molar-refractivity contribution in [3.63, 3.8) is 0 Å². The van der Waals surface area contributed by atoms with Gasteiger partial charge in [-0.1, -0.05) is 85.8 Å². The lowest BCUT2D eigenvalue weighted by molar-refractivity contribution is -0.138. The van der Waals surface area contributed by atoms with E-state index in [2.05, 4.69) is 85.4 Å². The number of carbonyl (C=O) groups is 3. The van der Waals surface area contributed by atoms with Crippen LogP contribution >= 0.6 is 0 Å². The number of benzene rings is 3. The highest BCUT2D eigenvalue weighted by Gasteiger charge is 2.38. The molecule has 12 heteroatoms. The molecule has 0 saturated carbocycles. The number of nitrogens with zero attached hydrogens (tertiary/aromatic N) is 5. The van der Waals surface area contributed by atoms with Crippen LogP contribution in [0.1, 0.15) is 74.9 Å². The number of hydrogen-bond acceptors (Lipinski definition) is 7. The summed E-state index contributed by atoms with van der Waals surface area (Å²) in [7, 11) is 3.28. The second-order valence-corrected chi connectivity index (χ2v) is 14.1. The van der Waals surface area contributed by atoms with Gasteiger partial charge in [-0.2, -0.15) is 0 Å². The topological polar surface area (TPSA) is 140 Å². The zero-order valence-corrected chi connectivity index (χ0v) is 31.3. The van der Waals surface area contributed by atoms with Crippen LogP contribution in [-0.4, -0.2) is 92.4 Å². The van der Waals surface area contributed by atoms with Crippen molar-refractivity contribution >= 4 is 17.9 Å². The largest absolute Gasteiger partial charge is 0.453 e. The van der Waals surface area contributed by atoms with Crippen molar-refractivity contribution in [2.45, 2.75) is 63.7 Å². The number of likely N-dealkylation sites (N-methyl/N-ethyl adjacent to an activating group) is 1. The molecular weight excluding hydrogens is 681 g/mol. The average Bonchev–Trinajstić information content (AvgIpc) is 4.05. The third-order valence-electron chi connectivity index (χ3n) is 10.8. The Morgan fingerprint density at radius 2 is 1.26 bits per heavy atom. The molecule has 3 N–H and O–H groups in total. The number of H-pyrrole nitrogens is 2. The molecule has 0 radical (unpaired) electrons. The van der Waals surface area contributed by atoms with Gasteiger partial charge in [0.2, 0.25) is 11.8 Å². The van der Waals surface area contributed by atoms with E-state index in [4.69, 9.17) is 4.98 Å². The van der Waals surface area contributed by atoms with Gasteiger partial charge in [-0.3, -0.25) is 14.5 Å². The van der Waals surface area contributed by atoms with E-state index in [1.165, 1.54) is 7.11 Å². The number of hydrogen-bond donors (Lipinski definition) is 3. The summed E-state index contributed by atoms with van der Waals surface area (Å²) in [6, 6.07) is 25.4. The van der Waals surface area contributed by atoms with E-state index < -0.39 is 12.1 Å². The Bertz CT molecular complexity index is 2060. The molecule has 2 aliphatic heterocycles. The minimum absolute atomic E-state index is 0.0925. The van der Waals surface area contributed by atoms with Gasteiger partial charge < -0.3 is 29.8 Å². The molecule has 2 aliphatic rings. The molecule has 0 spiro atoms.